The fraction of sp³-hybridized carbons (Fsp3) is 0.500. The van der Waals surface area contributed by atoms with Gasteiger partial charge in [-0.1, -0.05) is 17.7 Å². The van der Waals surface area contributed by atoms with Gasteiger partial charge in [0.1, 0.15) is 0 Å². The van der Waals surface area contributed by atoms with Crippen molar-refractivity contribution in [2.24, 2.45) is 5.73 Å². The number of benzene rings is 1. The van der Waals surface area contributed by atoms with Crippen LogP contribution >= 0.6 is 11.6 Å². The number of carbonyl (C=O) groups excluding carboxylic acids is 1. The lowest BCUT2D eigenvalue weighted by atomic mass is 10.0. The fourth-order valence-electron chi connectivity index (χ4n) is 2.37. The highest BCUT2D eigenvalue weighted by atomic mass is 35.5. The normalized spacial score (nSPS) is 23.8. The summed E-state index contributed by atoms with van der Waals surface area (Å²) in [6, 6.07) is 5.19. The quantitative estimate of drug-likeness (QED) is 0.818. The molecule has 3 unspecified atom stereocenters. The monoisotopic (exact) mass is 298 g/mol. The van der Waals surface area contributed by atoms with E-state index in [1.807, 2.05) is 17.0 Å². The number of hydrogen-bond donors (Lipinski definition) is 2. The maximum Gasteiger partial charge on any atom is 0.312 e. The van der Waals surface area contributed by atoms with Crippen LogP contribution in [0.15, 0.2) is 18.2 Å². The summed E-state index contributed by atoms with van der Waals surface area (Å²) < 4.78 is 4.72. The number of nitrogens with two attached hydrogens (primary N) is 1. The average Bonchev–Trinajstić information content (AvgIpc) is 2.76. The van der Waals surface area contributed by atoms with Gasteiger partial charge in [0, 0.05) is 19.1 Å². The SMILES string of the molecule is COC(=O)C(C)c1ccc(N2CC(N)C(O)C2)c(Cl)c1. The molecule has 0 aromatic heterocycles. The Balaban J connectivity index is 2.20. The van der Waals surface area contributed by atoms with E-state index in [4.69, 9.17) is 22.1 Å². The molecule has 0 spiro atoms. The standard InChI is InChI=1S/C14H19ClN2O3/c1-8(14(19)20-2)9-3-4-12(10(15)5-9)17-6-11(16)13(18)7-17/h3-5,8,11,13,18H,6-7,16H2,1-2H3. The first kappa shape index (κ1) is 15.1. The Morgan fingerprint density at radius 2 is 2.25 bits per heavy atom. The maximum atomic E-state index is 11.5. The number of carbonyl (C=O) groups is 1. The van der Waals surface area contributed by atoms with Crippen molar-refractivity contribution in [3.8, 4) is 0 Å². The summed E-state index contributed by atoms with van der Waals surface area (Å²) in [6.07, 6.45) is -0.542. The summed E-state index contributed by atoms with van der Waals surface area (Å²) in [5.41, 5.74) is 7.42. The van der Waals surface area contributed by atoms with Crippen LogP contribution in [0.25, 0.3) is 0 Å². The van der Waals surface area contributed by atoms with Crippen LogP contribution in [-0.4, -0.2) is 43.4 Å². The maximum absolute atomic E-state index is 11.5. The van der Waals surface area contributed by atoms with Gasteiger partial charge >= 0.3 is 5.97 Å². The van der Waals surface area contributed by atoms with E-state index in [1.54, 1.807) is 13.0 Å². The van der Waals surface area contributed by atoms with Crippen molar-refractivity contribution in [3.63, 3.8) is 0 Å². The van der Waals surface area contributed by atoms with Crippen LogP contribution in [0.1, 0.15) is 18.4 Å². The van der Waals surface area contributed by atoms with Gasteiger partial charge in [0.05, 0.1) is 29.8 Å². The molecule has 1 aliphatic heterocycles. The van der Waals surface area contributed by atoms with Gasteiger partial charge < -0.3 is 20.5 Å². The molecule has 1 saturated heterocycles. The minimum atomic E-state index is -0.542. The van der Waals surface area contributed by atoms with E-state index in [-0.39, 0.29) is 17.9 Å². The van der Waals surface area contributed by atoms with Gasteiger partial charge in [-0.3, -0.25) is 4.79 Å². The Hall–Kier alpha value is -1.30. The predicted octanol–water partition coefficient (Wildman–Crippen LogP) is 1.12. The number of aliphatic hydroxyl groups excluding tert-OH is 1. The minimum Gasteiger partial charge on any atom is -0.469 e. The number of anilines is 1. The molecular formula is C14H19ClN2O3. The zero-order valence-electron chi connectivity index (χ0n) is 11.5. The van der Waals surface area contributed by atoms with Crippen molar-refractivity contribution in [3.05, 3.63) is 28.8 Å². The Morgan fingerprint density at radius 1 is 1.55 bits per heavy atom. The number of esters is 1. The lowest BCUT2D eigenvalue weighted by Crippen LogP contribution is -2.32. The number of aliphatic hydroxyl groups is 1. The predicted molar refractivity (Wildman–Crippen MR) is 78.1 cm³/mol. The second-order valence-corrected chi connectivity index (χ2v) is 5.50. The van der Waals surface area contributed by atoms with Crippen molar-refractivity contribution in [1.82, 2.24) is 0 Å². The number of β-amino-alcohol motifs (C(OH)–C–C–N with tert-alkyl or cyclic N) is 1. The second-order valence-electron chi connectivity index (χ2n) is 5.09. The molecule has 0 bridgehead atoms. The van der Waals surface area contributed by atoms with Crippen molar-refractivity contribution in [2.45, 2.75) is 25.0 Å². The van der Waals surface area contributed by atoms with Gasteiger partial charge in [0.15, 0.2) is 0 Å². The Labute approximate surface area is 123 Å². The summed E-state index contributed by atoms with van der Waals surface area (Å²) >= 11 is 6.28. The molecule has 1 aromatic rings. The molecule has 3 atom stereocenters. The lowest BCUT2D eigenvalue weighted by Gasteiger charge is -2.20. The number of ether oxygens (including phenoxy) is 1. The van der Waals surface area contributed by atoms with E-state index < -0.39 is 6.10 Å². The molecule has 1 heterocycles. The van der Waals surface area contributed by atoms with Crippen LogP contribution in [0.5, 0.6) is 0 Å². The molecule has 0 radical (unpaired) electrons. The van der Waals surface area contributed by atoms with Gasteiger partial charge in [0.2, 0.25) is 0 Å². The molecule has 0 aliphatic carbocycles. The first-order valence-electron chi connectivity index (χ1n) is 6.50. The van der Waals surface area contributed by atoms with Crippen LogP contribution in [0.4, 0.5) is 5.69 Å². The highest BCUT2D eigenvalue weighted by molar-refractivity contribution is 6.33. The van der Waals surface area contributed by atoms with Crippen molar-refractivity contribution < 1.29 is 14.6 Å². The van der Waals surface area contributed by atoms with E-state index >= 15 is 0 Å². The van der Waals surface area contributed by atoms with E-state index in [9.17, 15) is 9.90 Å². The van der Waals surface area contributed by atoms with Crippen LogP contribution in [0.2, 0.25) is 5.02 Å². The van der Waals surface area contributed by atoms with Crippen LogP contribution in [-0.2, 0) is 9.53 Å². The number of rotatable bonds is 3. The van der Waals surface area contributed by atoms with Gasteiger partial charge in [-0.2, -0.15) is 0 Å². The largest absolute Gasteiger partial charge is 0.469 e. The summed E-state index contributed by atoms with van der Waals surface area (Å²) in [4.78, 5) is 13.5. The number of hydrogen-bond acceptors (Lipinski definition) is 5. The van der Waals surface area contributed by atoms with E-state index in [0.717, 1.165) is 11.3 Å². The molecule has 3 N–H and O–H groups in total. The third kappa shape index (κ3) is 2.90. The number of halogens is 1. The Bertz CT molecular complexity index is 499. The van der Waals surface area contributed by atoms with Gasteiger partial charge in [-0.15, -0.1) is 0 Å². The molecule has 1 aromatic carbocycles. The summed E-state index contributed by atoms with van der Waals surface area (Å²) in [7, 11) is 1.36. The van der Waals surface area contributed by atoms with Crippen LogP contribution in [0, 0.1) is 0 Å². The highest BCUT2D eigenvalue weighted by Gasteiger charge is 2.29. The topological polar surface area (TPSA) is 75.8 Å². The smallest absolute Gasteiger partial charge is 0.312 e. The van der Waals surface area contributed by atoms with Crippen molar-refractivity contribution in [2.75, 3.05) is 25.1 Å². The van der Waals surface area contributed by atoms with E-state index in [2.05, 4.69) is 0 Å². The zero-order chi connectivity index (χ0) is 14.9. The molecule has 0 amide bonds. The van der Waals surface area contributed by atoms with Gasteiger partial charge in [-0.25, -0.2) is 0 Å². The van der Waals surface area contributed by atoms with Gasteiger partial charge in [-0.05, 0) is 24.6 Å². The highest BCUT2D eigenvalue weighted by Crippen LogP contribution is 2.31. The molecule has 20 heavy (non-hydrogen) atoms. The zero-order valence-corrected chi connectivity index (χ0v) is 12.3. The average molecular weight is 299 g/mol. The fourth-order valence-corrected chi connectivity index (χ4v) is 2.68. The van der Waals surface area contributed by atoms with Crippen LogP contribution < -0.4 is 10.6 Å². The number of methoxy groups -OCH3 is 1. The molecule has 110 valence electrons. The molecule has 1 aliphatic rings. The first-order valence-corrected chi connectivity index (χ1v) is 6.87. The van der Waals surface area contributed by atoms with E-state index in [0.29, 0.717) is 18.1 Å². The molecule has 0 saturated carbocycles. The Morgan fingerprint density at radius 3 is 2.75 bits per heavy atom. The van der Waals surface area contributed by atoms with Crippen molar-refractivity contribution in [1.29, 1.82) is 0 Å². The lowest BCUT2D eigenvalue weighted by molar-refractivity contribution is -0.141. The molecule has 6 heteroatoms. The third-order valence-corrected chi connectivity index (χ3v) is 4.00. The van der Waals surface area contributed by atoms with Gasteiger partial charge in [0.25, 0.3) is 0 Å². The first-order chi connectivity index (χ1) is 9.43. The molecular weight excluding hydrogens is 280 g/mol. The minimum absolute atomic E-state index is 0.264. The number of nitrogens with zero attached hydrogens (tertiary/aromatic N) is 1. The Kier molecular flexibility index (Phi) is 4.52. The third-order valence-electron chi connectivity index (χ3n) is 3.70. The summed E-state index contributed by atoms with van der Waals surface area (Å²) in [6.45, 7) is 2.80. The second kappa shape index (κ2) is 5.99. The molecule has 2 rings (SSSR count). The molecule has 5 nitrogen and oxygen atoms in total. The van der Waals surface area contributed by atoms with E-state index in [1.165, 1.54) is 7.11 Å². The van der Waals surface area contributed by atoms with Crippen molar-refractivity contribution >= 4 is 23.3 Å². The molecule has 1 fully saturated rings. The summed E-state index contributed by atoms with van der Waals surface area (Å²) in [5.74, 6) is -0.662. The summed E-state index contributed by atoms with van der Waals surface area (Å²) in [5, 5.41) is 10.2. The van der Waals surface area contributed by atoms with Crippen LogP contribution in [0.3, 0.4) is 0 Å².